The molecule has 3 N–H and O–H groups in total. The van der Waals surface area contributed by atoms with Crippen LogP contribution >= 0.6 is 0 Å². The number of aryl methyl sites for hydroxylation is 1. The Morgan fingerprint density at radius 3 is 2.84 bits per heavy atom. The van der Waals surface area contributed by atoms with E-state index >= 15 is 0 Å². The zero-order valence-electron chi connectivity index (χ0n) is 10.6. The van der Waals surface area contributed by atoms with Gasteiger partial charge in [0.05, 0.1) is 0 Å². The van der Waals surface area contributed by atoms with Gasteiger partial charge in [0.25, 0.3) is 0 Å². The van der Waals surface area contributed by atoms with Crippen molar-refractivity contribution in [1.29, 1.82) is 0 Å². The molecule has 0 aliphatic rings. The van der Waals surface area contributed by atoms with Crippen LogP contribution in [0.4, 0.5) is 0 Å². The van der Waals surface area contributed by atoms with Gasteiger partial charge in [0, 0.05) is 42.8 Å². The highest BCUT2D eigenvalue weighted by Crippen LogP contribution is 2.26. The van der Waals surface area contributed by atoms with Crippen LogP contribution in [0.2, 0.25) is 0 Å². The van der Waals surface area contributed by atoms with Gasteiger partial charge in [-0.25, -0.2) is 10.4 Å². The molecule has 1 atom stereocenters. The van der Waals surface area contributed by atoms with E-state index in [9.17, 15) is 0 Å². The van der Waals surface area contributed by atoms with Gasteiger partial charge in [-0.1, -0.05) is 24.3 Å². The molecule has 19 heavy (non-hydrogen) atoms. The maximum absolute atomic E-state index is 5.72. The normalized spacial score (nSPS) is 12.7. The fourth-order valence-electron chi connectivity index (χ4n) is 2.33. The summed E-state index contributed by atoms with van der Waals surface area (Å²) in [4.78, 5) is 8.65. The molecule has 2 heterocycles. The second-order valence-corrected chi connectivity index (χ2v) is 4.45. The molecule has 3 rings (SSSR count). The van der Waals surface area contributed by atoms with E-state index in [-0.39, 0.29) is 6.04 Å². The zero-order valence-corrected chi connectivity index (χ0v) is 10.6. The topological polar surface area (TPSA) is 68.8 Å². The number of fused-ring (bicyclic) bond motifs is 1. The standard InChI is InChI=1S/C14H15N5/c1-19-7-6-17-14(19)13(18-15)12-9-16-8-10-4-2-3-5-11(10)12/h2-9,13,18H,15H2,1H3. The number of hydrogen-bond donors (Lipinski definition) is 2. The first-order valence-corrected chi connectivity index (χ1v) is 6.07. The van der Waals surface area contributed by atoms with Crippen molar-refractivity contribution >= 4 is 10.8 Å². The zero-order chi connectivity index (χ0) is 13.2. The third kappa shape index (κ3) is 1.99. The van der Waals surface area contributed by atoms with Crippen LogP contribution in [0.3, 0.4) is 0 Å². The molecular weight excluding hydrogens is 238 g/mol. The Kier molecular flexibility index (Phi) is 2.98. The molecule has 0 saturated carbocycles. The van der Waals surface area contributed by atoms with Crippen LogP contribution in [0.1, 0.15) is 17.4 Å². The molecule has 96 valence electrons. The van der Waals surface area contributed by atoms with Gasteiger partial charge in [0.15, 0.2) is 0 Å². The molecular formula is C14H15N5. The van der Waals surface area contributed by atoms with Crippen LogP contribution in [0.25, 0.3) is 10.8 Å². The molecule has 1 unspecified atom stereocenters. The maximum atomic E-state index is 5.72. The number of hydrogen-bond acceptors (Lipinski definition) is 4. The minimum Gasteiger partial charge on any atom is -0.336 e. The minimum atomic E-state index is -0.182. The number of nitrogens with zero attached hydrogens (tertiary/aromatic N) is 3. The van der Waals surface area contributed by atoms with E-state index < -0.39 is 0 Å². The minimum absolute atomic E-state index is 0.182. The van der Waals surface area contributed by atoms with Gasteiger partial charge < -0.3 is 4.57 Å². The smallest absolute Gasteiger partial charge is 0.131 e. The molecule has 0 aliphatic carbocycles. The predicted molar refractivity (Wildman–Crippen MR) is 74.1 cm³/mol. The van der Waals surface area contributed by atoms with E-state index in [1.807, 2.05) is 48.4 Å². The van der Waals surface area contributed by atoms with Gasteiger partial charge in [0.1, 0.15) is 11.9 Å². The van der Waals surface area contributed by atoms with Crippen LogP contribution in [0.5, 0.6) is 0 Å². The Bertz CT molecular complexity index is 698. The second kappa shape index (κ2) is 4.79. The maximum Gasteiger partial charge on any atom is 0.131 e. The SMILES string of the molecule is Cn1ccnc1C(NN)c1cncc2ccccc12. The summed E-state index contributed by atoms with van der Waals surface area (Å²) in [6.45, 7) is 0. The molecule has 1 aromatic carbocycles. The molecule has 2 aromatic heterocycles. The second-order valence-electron chi connectivity index (χ2n) is 4.45. The summed E-state index contributed by atoms with van der Waals surface area (Å²) < 4.78 is 1.95. The Morgan fingerprint density at radius 2 is 2.11 bits per heavy atom. The van der Waals surface area contributed by atoms with Gasteiger partial charge >= 0.3 is 0 Å². The molecule has 0 bridgehead atoms. The lowest BCUT2D eigenvalue weighted by atomic mass is 10.0. The summed E-state index contributed by atoms with van der Waals surface area (Å²) in [6.07, 6.45) is 7.35. The molecule has 0 saturated heterocycles. The molecule has 5 heteroatoms. The molecule has 5 nitrogen and oxygen atoms in total. The highest BCUT2D eigenvalue weighted by atomic mass is 15.3. The van der Waals surface area contributed by atoms with Crippen molar-refractivity contribution in [3.8, 4) is 0 Å². The van der Waals surface area contributed by atoms with Gasteiger partial charge in [-0.2, -0.15) is 0 Å². The summed E-state index contributed by atoms with van der Waals surface area (Å²) in [6, 6.07) is 7.94. The molecule has 0 amide bonds. The first-order chi connectivity index (χ1) is 9.31. The van der Waals surface area contributed by atoms with Crippen molar-refractivity contribution in [2.45, 2.75) is 6.04 Å². The third-order valence-corrected chi connectivity index (χ3v) is 3.29. The fourth-order valence-corrected chi connectivity index (χ4v) is 2.33. The first kappa shape index (κ1) is 11.8. The number of pyridine rings is 1. The number of aromatic nitrogens is 3. The number of benzene rings is 1. The number of rotatable bonds is 3. The highest BCUT2D eigenvalue weighted by Gasteiger charge is 2.19. The Hall–Kier alpha value is -2.24. The third-order valence-electron chi connectivity index (χ3n) is 3.29. The summed E-state index contributed by atoms with van der Waals surface area (Å²) >= 11 is 0. The van der Waals surface area contributed by atoms with Crippen molar-refractivity contribution in [2.24, 2.45) is 12.9 Å². The van der Waals surface area contributed by atoms with Crippen LogP contribution in [-0.2, 0) is 7.05 Å². The van der Waals surface area contributed by atoms with Gasteiger partial charge in [-0.05, 0) is 5.39 Å². The monoisotopic (exact) mass is 253 g/mol. The average Bonchev–Trinajstić information content (AvgIpc) is 2.86. The van der Waals surface area contributed by atoms with Crippen LogP contribution in [-0.4, -0.2) is 14.5 Å². The summed E-state index contributed by atoms with van der Waals surface area (Å²) in [5, 5.41) is 2.22. The molecule has 0 fully saturated rings. The van der Waals surface area contributed by atoms with E-state index in [1.54, 1.807) is 6.20 Å². The lowest BCUT2D eigenvalue weighted by Crippen LogP contribution is -2.31. The Balaban J connectivity index is 2.20. The molecule has 0 spiro atoms. The Morgan fingerprint density at radius 1 is 1.26 bits per heavy atom. The summed E-state index contributed by atoms with van der Waals surface area (Å²) in [5.74, 6) is 6.59. The van der Waals surface area contributed by atoms with Gasteiger partial charge in [-0.3, -0.25) is 10.8 Å². The van der Waals surface area contributed by atoms with E-state index in [2.05, 4.69) is 21.5 Å². The van der Waals surface area contributed by atoms with E-state index in [0.29, 0.717) is 0 Å². The van der Waals surface area contributed by atoms with Crippen LogP contribution < -0.4 is 11.3 Å². The largest absolute Gasteiger partial charge is 0.336 e. The quantitative estimate of drug-likeness (QED) is 0.548. The van der Waals surface area contributed by atoms with Crippen molar-refractivity contribution in [2.75, 3.05) is 0 Å². The van der Waals surface area contributed by atoms with Crippen molar-refractivity contribution in [3.05, 3.63) is 60.4 Å². The van der Waals surface area contributed by atoms with Gasteiger partial charge in [-0.15, -0.1) is 0 Å². The van der Waals surface area contributed by atoms with Crippen LogP contribution in [0.15, 0.2) is 49.1 Å². The first-order valence-electron chi connectivity index (χ1n) is 6.07. The van der Waals surface area contributed by atoms with Crippen LogP contribution in [0, 0.1) is 0 Å². The average molecular weight is 253 g/mol. The van der Waals surface area contributed by atoms with Gasteiger partial charge in [0.2, 0.25) is 0 Å². The van der Waals surface area contributed by atoms with Crippen molar-refractivity contribution in [1.82, 2.24) is 20.0 Å². The summed E-state index contributed by atoms with van der Waals surface area (Å²) in [7, 11) is 1.95. The lowest BCUT2D eigenvalue weighted by Gasteiger charge is -2.17. The van der Waals surface area contributed by atoms with E-state index in [0.717, 1.165) is 22.2 Å². The molecule has 0 radical (unpaired) electrons. The predicted octanol–water partition coefficient (Wildman–Crippen LogP) is 1.52. The van der Waals surface area contributed by atoms with Crippen molar-refractivity contribution in [3.63, 3.8) is 0 Å². The van der Waals surface area contributed by atoms with E-state index in [1.165, 1.54) is 0 Å². The number of nitrogens with two attached hydrogens (primary N) is 1. The lowest BCUT2D eigenvalue weighted by molar-refractivity contribution is 0.582. The Labute approximate surface area is 111 Å². The summed E-state index contributed by atoms with van der Waals surface area (Å²) in [5.41, 5.74) is 3.85. The number of nitrogens with one attached hydrogen (secondary N) is 1. The highest BCUT2D eigenvalue weighted by molar-refractivity contribution is 5.85. The van der Waals surface area contributed by atoms with Crippen molar-refractivity contribution < 1.29 is 0 Å². The fraction of sp³-hybridized carbons (Fsp3) is 0.143. The van der Waals surface area contributed by atoms with E-state index in [4.69, 9.17) is 5.84 Å². The number of imidazole rings is 1. The number of hydrazine groups is 1. The molecule has 3 aromatic rings. The molecule has 0 aliphatic heterocycles.